The number of aliphatic hydroxyl groups is 5. The van der Waals surface area contributed by atoms with Crippen molar-refractivity contribution in [3.05, 3.63) is 0 Å². The van der Waals surface area contributed by atoms with Gasteiger partial charge in [0.05, 0.1) is 25.4 Å². The van der Waals surface area contributed by atoms with E-state index in [1.54, 1.807) is 0 Å². The van der Waals surface area contributed by atoms with Crippen LogP contribution in [-0.4, -0.2) is 57.6 Å². The summed E-state index contributed by atoms with van der Waals surface area (Å²) in [4.78, 5) is 0. The van der Waals surface area contributed by atoms with E-state index in [0.717, 1.165) is 0 Å². The molecule has 0 aromatic heterocycles. The lowest BCUT2D eigenvalue weighted by Crippen LogP contribution is -2.31. The molecule has 0 bridgehead atoms. The second-order valence-corrected chi connectivity index (χ2v) is 2.76. The Bertz CT molecular complexity index is 108. The first-order valence-corrected chi connectivity index (χ1v) is 3.84. The van der Waals surface area contributed by atoms with Gasteiger partial charge in [-0.3, -0.25) is 0 Å². The van der Waals surface area contributed by atoms with Crippen LogP contribution in [0.4, 0.5) is 0 Å². The molecule has 0 amide bonds. The zero-order valence-electron chi connectivity index (χ0n) is 6.80. The molecule has 74 valence electrons. The normalized spacial score (nSPS) is 18.8. The molecular weight excluding hydrogens is 164 g/mol. The predicted molar refractivity (Wildman–Crippen MR) is 41.4 cm³/mol. The molecule has 0 heterocycles. The second-order valence-electron chi connectivity index (χ2n) is 2.76. The zero-order chi connectivity index (χ0) is 9.56. The molecule has 0 rings (SSSR count). The van der Waals surface area contributed by atoms with E-state index < -0.39 is 31.3 Å². The van der Waals surface area contributed by atoms with Crippen LogP contribution >= 0.6 is 0 Å². The molecule has 5 nitrogen and oxygen atoms in total. The van der Waals surface area contributed by atoms with Crippen LogP contribution in [0.25, 0.3) is 0 Å². The number of aliphatic hydroxyl groups excluding tert-OH is 5. The summed E-state index contributed by atoms with van der Waals surface area (Å²) in [5, 5.41) is 43.7. The van der Waals surface area contributed by atoms with Crippen LogP contribution in [0.3, 0.4) is 0 Å². The highest BCUT2D eigenvalue weighted by molar-refractivity contribution is 4.70. The highest BCUT2D eigenvalue weighted by atomic mass is 16.3. The van der Waals surface area contributed by atoms with Crippen LogP contribution in [0.5, 0.6) is 0 Å². The lowest BCUT2D eigenvalue weighted by atomic mass is 9.97. The SMILES string of the molecule is OCC(O)CC(CO)C(O)CO. The van der Waals surface area contributed by atoms with Crippen molar-refractivity contribution in [1.29, 1.82) is 0 Å². The van der Waals surface area contributed by atoms with Crippen LogP contribution in [0.1, 0.15) is 6.42 Å². The van der Waals surface area contributed by atoms with E-state index in [1.165, 1.54) is 0 Å². The van der Waals surface area contributed by atoms with Crippen molar-refractivity contribution in [3.63, 3.8) is 0 Å². The summed E-state index contributed by atoms with van der Waals surface area (Å²) in [6.45, 7) is -1.18. The largest absolute Gasteiger partial charge is 0.396 e. The molecule has 0 aromatic rings. The molecule has 5 N–H and O–H groups in total. The maximum atomic E-state index is 9.06. The topological polar surface area (TPSA) is 101 Å². The van der Waals surface area contributed by atoms with Gasteiger partial charge >= 0.3 is 0 Å². The van der Waals surface area contributed by atoms with Gasteiger partial charge in [-0.2, -0.15) is 0 Å². The Morgan fingerprint density at radius 1 is 0.833 bits per heavy atom. The van der Waals surface area contributed by atoms with Gasteiger partial charge in [0.2, 0.25) is 0 Å². The van der Waals surface area contributed by atoms with Crippen LogP contribution in [0.15, 0.2) is 0 Å². The van der Waals surface area contributed by atoms with Gasteiger partial charge in [0.15, 0.2) is 0 Å². The summed E-state index contributed by atoms with van der Waals surface area (Å²) < 4.78 is 0. The summed E-state index contributed by atoms with van der Waals surface area (Å²) in [6.07, 6.45) is -1.92. The number of hydrogen-bond acceptors (Lipinski definition) is 5. The summed E-state index contributed by atoms with van der Waals surface area (Å²) in [5.41, 5.74) is 0. The van der Waals surface area contributed by atoms with Gasteiger partial charge in [0, 0.05) is 12.5 Å². The van der Waals surface area contributed by atoms with E-state index in [4.69, 9.17) is 25.5 Å². The Hall–Kier alpha value is -0.200. The van der Waals surface area contributed by atoms with Gasteiger partial charge in [-0.15, -0.1) is 0 Å². The highest BCUT2D eigenvalue weighted by Gasteiger charge is 2.20. The molecule has 0 aliphatic carbocycles. The van der Waals surface area contributed by atoms with Gasteiger partial charge < -0.3 is 25.5 Å². The molecule has 0 aliphatic heterocycles. The molecule has 5 heteroatoms. The molecule has 0 saturated carbocycles. The molecule has 0 aliphatic rings. The third-order valence-electron chi connectivity index (χ3n) is 1.75. The van der Waals surface area contributed by atoms with Crippen molar-refractivity contribution >= 4 is 0 Å². The Balaban J connectivity index is 3.81. The molecule has 0 radical (unpaired) electrons. The van der Waals surface area contributed by atoms with Crippen molar-refractivity contribution in [2.45, 2.75) is 18.6 Å². The fourth-order valence-corrected chi connectivity index (χ4v) is 0.926. The van der Waals surface area contributed by atoms with E-state index in [2.05, 4.69) is 0 Å². The van der Waals surface area contributed by atoms with Crippen molar-refractivity contribution in [2.75, 3.05) is 19.8 Å². The summed E-state index contributed by atoms with van der Waals surface area (Å²) >= 11 is 0. The van der Waals surface area contributed by atoms with Crippen molar-refractivity contribution in [2.24, 2.45) is 5.92 Å². The monoisotopic (exact) mass is 180 g/mol. The predicted octanol–water partition coefficient (Wildman–Crippen LogP) is -2.31. The quantitative estimate of drug-likeness (QED) is 0.316. The fourth-order valence-electron chi connectivity index (χ4n) is 0.926. The van der Waals surface area contributed by atoms with Crippen molar-refractivity contribution in [3.8, 4) is 0 Å². The molecule has 3 unspecified atom stereocenters. The maximum Gasteiger partial charge on any atom is 0.0821 e. The smallest absolute Gasteiger partial charge is 0.0821 e. The van der Waals surface area contributed by atoms with E-state index in [0.29, 0.717) is 0 Å². The van der Waals surface area contributed by atoms with E-state index >= 15 is 0 Å². The summed E-state index contributed by atoms with van der Waals surface area (Å²) in [6, 6.07) is 0. The van der Waals surface area contributed by atoms with Gasteiger partial charge in [0.1, 0.15) is 0 Å². The van der Waals surface area contributed by atoms with Gasteiger partial charge in [0.25, 0.3) is 0 Å². The first kappa shape index (κ1) is 11.8. The summed E-state index contributed by atoms with van der Waals surface area (Å²) in [5.74, 6) is -0.586. The minimum atomic E-state index is -1.05. The first-order valence-electron chi connectivity index (χ1n) is 3.84. The van der Waals surface area contributed by atoms with E-state index in [9.17, 15) is 0 Å². The average Bonchev–Trinajstić information content (AvgIpc) is 2.12. The number of rotatable bonds is 6. The standard InChI is InChI=1S/C7H16O5/c8-2-5(7(12)4-10)1-6(11)3-9/h5-12H,1-4H2. The van der Waals surface area contributed by atoms with Crippen molar-refractivity contribution < 1.29 is 25.5 Å². The van der Waals surface area contributed by atoms with Crippen LogP contribution in [-0.2, 0) is 0 Å². The van der Waals surface area contributed by atoms with E-state index in [1.807, 2.05) is 0 Å². The van der Waals surface area contributed by atoms with Gasteiger partial charge in [-0.1, -0.05) is 0 Å². The zero-order valence-corrected chi connectivity index (χ0v) is 6.80. The minimum absolute atomic E-state index is 0.0781. The van der Waals surface area contributed by atoms with Crippen LogP contribution in [0.2, 0.25) is 0 Å². The molecule has 0 spiro atoms. The van der Waals surface area contributed by atoms with Gasteiger partial charge in [-0.05, 0) is 6.42 Å². The molecule has 0 fully saturated rings. The summed E-state index contributed by atoms with van der Waals surface area (Å²) in [7, 11) is 0. The van der Waals surface area contributed by atoms with Crippen molar-refractivity contribution in [1.82, 2.24) is 0 Å². The Morgan fingerprint density at radius 3 is 1.75 bits per heavy atom. The average molecular weight is 180 g/mol. The van der Waals surface area contributed by atoms with E-state index in [-0.39, 0.29) is 13.0 Å². The Morgan fingerprint density at radius 2 is 1.42 bits per heavy atom. The minimum Gasteiger partial charge on any atom is -0.396 e. The maximum absolute atomic E-state index is 9.06. The highest BCUT2D eigenvalue weighted by Crippen LogP contribution is 2.10. The van der Waals surface area contributed by atoms with Crippen LogP contribution < -0.4 is 0 Å². The Labute approximate surface area is 70.9 Å². The fraction of sp³-hybridized carbons (Fsp3) is 1.00. The first-order chi connectivity index (χ1) is 5.65. The third-order valence-corrected chi connectivity index (χ3v) is 1.75. The lowest BCUT2D eigenvalue weighted by molar-refractivity contribution is -0.0111. The van der Waals surface area contributed by atoms with Gasteiger partial charge in [-0.25, -0.2) is 0 Å². The molecule has 0 aromatic carbocycles. The molecular formula is C7H16O5. The van der Waals surface area contributed by atoms with Crippen LogP contribution in [0, 0.1) is 5.92 Å². The molecule has 12 heavy (non-hydrogen) atoms. The second kappa shape index (κ2) is 6.33. The number of hydrogen-bond donors (Lipinski definition) is 5. The lowest BCUT2D eigenvalue weighted by Gasteiger charge is -2.20. The molecule has 3 atom stereocenters. The Kier molecular flexibility index (Phi) is 6.23. The molecule has 0 saturated heterocycles. The third kappa shape index (κ3) is 3.99.